The van der Waals surface area contributed by atoms with Gasteiger partial charge in [-0.25, -0.2) is 0 Å². The molecule has 1 atom stereocenters. The minimum absolute atomic E-state index is 0.0242. The van der Waals surface area contributed by atoms with E-state index in [-0.39, 0.29) is 17.8 Å². The number of rotatable bonds is 7. The molecule has 0 aliphatic heterocycles. The molecule has 0 radical (unpaired) electrons. The molecule has 122 valence electrons. The molecule has 1 unspecified atom stereocenters. The zero-order valence-corrected chi connectivity index (χ0v) is 13.5. The van der Waals surface area contributed by atoms with Crippen molar-refractivity contribution < 1.29 is 14.7 Å². The molecule has 1 aliphatic rings. The molecule has 0 aromatic carbocycles. The Morgan fingerprint density at radius 3 is 2.52 bits per heavy atom. The van der Waals surface area contributed by atoms with Gasteiger partial charge in [0.25, 0.3) is 0 Å². The number of methoxy groups -OCH3 is 1. The third-order valence-electron chi connectivity index (χ3n) is 4.63. The Bertz CT molecular complexity index is 365. The predicted octanol–water partition coefficient (Wildman–Crippen LogP) is 1.96. The van der Waals surface area contributed by atoms with Crippen LogP contribution in [0, 0.1) is 5.41 Å². The lowest BCUT2D eigenvalue weighted by atomic mass is 9.71. The Morgan fingerprint density at radius 1 is 1.43 bits per heavy atom. The van der Waals surface area contributed by atoms with E-state index in [1.54, 1.807) is 7.11 Å². The lowest BCUT2D eigenvalue weighted by Crippen LogP contribution is -2.55. The second-order valence-electron chi connectivity index (χ2n) is 5.88. The number of carbonyl (C=O) groups is 1. The third-order valence-corrected chi connectivity index (χ3v) is 4.63. The molecule has 21 heavy (non-hydrogen) atoms. The Balaban J connectivity index is 3.05. The van der Waals surface area contributed by atoms with Gasteiger partial charge in [0.2, 0.25) is 5.91 Å². The van der Waals surface area contributed by atoms with Crippen LogP contribution in [0.5, 0.6) is 0 Å². The van der Waals surface area contributed by atoms with E-state index in [9.17, 15) is 4.79 Å². The highest BCUT2D eigenvalue weighted by Crippen LogP contribution is 2.39. The molecule has 1 aliphatic carbocycles. The lowest BCUT2D eigenvalue weighted by Gasteiger charge is -2.40. The molecule has 1 fully saturated rings. The molecule has 1 rings (SSSR count). The molecular weight excluding hydrogens is 270 g/mol. The van der Waals surface area contributed by atoms with Crippen LogP contribution in [-0.2, 0) is 9.53 Å². The van der Waals surface area contributed by atoms with Crippen LogP contribution in [0.4, 0.5) is 0 Å². The number of hydrogen-bond acceptors (Lipinski definition) is 4. The van der Waals surface area contributed by atoms with Gasteiger partial charge in [-0.15, -0.1) is 0 Å². The van der Waals surface area contributed by atoms with Gasteiger partial charge in [-0.05, 0) is 26.2 Å². The molecule has 0 aromatic heterocycles. The molecule has 0 heterocycles. The maximum absolute atomic E-state index is 13.1. The summed E-state index contributed by atoms with van der Waals surface area (Å²) in [5.74, 6) is 0.0295. The van der Waals surface area contributed by atoms with E-state index in [0.717, 1.165) is 25.7 Å². The second kappa shape index (κ2) is 8.22. The van der Waals surface area contributed by atoms with Gasteiger partial charge in [0.15, 0.2) is 5.84 Å². The van der Waals surface area contributed by atoms with Gasteiger partial charge in [-0.2, -0.15) is 0 Å². The Morgan fingerprint density at radius 2 is 2.05 bits per heavy atom. The van der Waals surface area contributed by atoms with Crippen molar-refractivity contribution in [2.24, 2.45) is 16.3 Å². The molecule has 0 spiro atoms. The summed E-state index contributed by atoms with van der Waals surface area (Å²) >= 11 is 0. The van der Waals surface area contributed by atoms with Crippen molar-refractivity contribution in [2.45, 2.75) is 58.4 Å². The van der Waals surface area contributed by atoms with Crippen LogP contribution in [0.25, 0.3) is 0 Å². The number of nitrogens with two attached hydrogens (primary N) is 1. The zero-order valence-electron chi connectivity index (χ0n) is 13.5. The summed E-state index contributed by atoms with van der Waals surface area (Å²) in [6, 6.07) is 0.109. The first-order valence-electron chi connectivity index (χ1n) is 7.81. The number of amidine groups is 1. The summed E-state index contributed by atoms with van der Waals surface area (Å²) in [6.07, 6.45) is 5.13. The first kappa shape index (κ1) is 17.8. The highest BCUT2D eigenvalue weighted by Gasteiger charge is 2.46. The van der Waals surface area contributed by atoms with Crippen molar-refractivity contribution in [1.29, 1.82) is 0 Å². The fourth-order valence-corrected chi connectivity index (χ4v) is 3.04. The maximum Gasteiger partial charge on any atom is 0.236 e. The summed E-state index contributed by atoms with van der Waals surface area (Å²) in [5.41, 5.74) is 5.07. The SMILES string of the molecule is CCC(C)N(CCOC)C(=O)C1(C(N)=NO)CCCCC1. The third kappa shape index (κ3) is 3.87. The summed E-state index contributed by atoms with van der Waals surface area (Å²) in [6.45, 7) is 5.10. The van der Waals surface area contributed by atoms with Crippen molar-refractivity contribution in [2.75, 3.05) is 20.3 Å². The van der Waals surface area contributed by atoms with Crippen LogP contribution >= 0.6 is 0 Å². The van der Waals surface area contributed by atoms with Gasteiger partial charge in [-0.1, -0.05) is 31.3 Å². The number of amides is 1. The van der Waals surface area contributed by atoms with Crippen molar-refractivity contribution in [3.8, 4) is 0 Å². The molecule has 3 N–H and O–H groups in total. The number of hydrogen-bond donors (Lipinski definition) is 2. The van der Waals surface area contributed by atoms with Gasteiger partial charge in [0.1, 0.15) is 5.41 Å². The monoisotopic (exact) mass is 299 g/mol. The Kier molecular flexibility index (Phi) is 6.95. The molecule has 6 heteroatoms. The Hall–Kier alpha value is -1.30. The van der Waals surface area contributed by atoms with Gasteiger partial charge in [-0.3, -0.25) is 4.79 Å². The first-order chi connectivity index (χ1) is 10.0. The van der Waals surface area contributed by atoms with Crippen LogP contribution in [0.15, 0.2) is 5.16 Å². The fraction of sp³-hybridized carbons (Fsp3) is 0.867. The largest absolute Gasteiger partial charge is 0.409 e. The number of ether oxygens (including phenoxy) is 1. The van der Waals surface area contributed by atoms with Gasteiger partial charge >= 0.3 is 0 Å². The topological polar surface area (TPSA) is 88.2 Å². The van der Waals surface area contributed by atoms with E-state index < -0.39 is 5.41 Å². The predicted molar refractivity (Wildman–Crippen MR) is 82.3 cm³/mol. The minimum atomic E-state index is -0.843. The number of nitrogens with zero attached hydrogens (tertiary/aromatic N) is 2. The summed E-state index contributed by atoms with van der Waals surface area (Å²) in [7, 11) is 1.62. The van der Waals surface area contributed by atoms with Gasteiger partial charge in [0.05, 0.1) is 6.61 Å². The van der Waals surface area contributed by atoms with Crippen LogP contribution in [0.3, 0.4) is 0 Å². The average molecular weight is 299 g/mol. The molecular formula is C15H29N3O3. The number of oxime groups is 1. The molecule has 1 amide bonds. The van der Waals surface area contributed by atoms with E-state index in [2.05, 4.69) is 12.1 Å². The van der Waals surface area contributed by atoms with Gasteiger partial charge < -0.3 is 20.6 Å². The maximum atomic E-state index is 13.1. The minimum Gasteiger partial charge on any atom is -0.409 e. The second-order valence-corrected chi connectivity index (χ2v) is 5.88. The summed E-state index contributed by atoms with van der Waals surface area (Å²) < 4.78 is 5.12. The molecule has 0 saturated heterocycles. The molecule has 0 aromatic rings. The average Bonchev–Trinajstić information content (AvgIpc) is 2.54. The molecule has 6 nitrogen and oxygen atoms in total. The van der Waals surface area contributed by atoms with Gasteiger partial charge in [0, 0.05) is 19.7 Å². The van der Waals surface area contributed by atoms with Crippen molar-refractivity contribution >= 4 is 11.7 Å². The zero-order chi connectivity index (χ0) is 15.9. The van der Waals surface area contributed by atoms with E-state index in [1.165, 1.54) is 0 Å². The van der Waals surface area contributed by atoms with Crippen LogP contribution in [0.1, 0.15) is 52.4 Å². The standard InChI is InChI=1S/C15H29N3O3/c1-4-12(2)18(10-11-21-3)14(19)15(13(16)17-20)8-6-5-7-9-15/h12,20H,4-11H2,1-3H3,(H2,16,17). The highest BCUT2D eigenvalue weighted by molar-refractivity contribution is 6.06. The first-order valence-corrected chi connectivity index (χ1v) is 7.81. The number of carbonyl (C=O) groups excluding carboxylic acids is 1. The highest BCUT2D eigenvalue weighted by atomic mass is 16.5. The normalized spacial score (nSPS) is 20.0. The van der Waals surface area contributed by atoms with E-state index in [1.807, 2.05) is 11.8 Å². The molecule has 1 saturated carbocycles. The van der Waals surface area contributed by atoms with Crippen molar-refractivity contribution in [1.82, 2.24) is 4.90 Å². The molecule has 0 bridgehead atoms. The van der Waals surface area contributed by atoms with E-state index in [4.69, 9.17) is 15.7 Å². The quantitative estimate of drug-likeness (QED) is 0.325. The van der Waals surface area contributed by atoms with E-state index in [0.29, 0.717) is 26.0 Å². The summed E-state index contributed by atoms with van der Waals surface area (Å²) in [5, 5.41) is 12.3. The van der Waals surface area contributed by atoms with Crippen LogP contribution < -0.4 is 5.73 Å². The van der Waals surface area contributed by atoms with Crippen molar-refractivity contribution in [3.63, 3.8) is 0 Å². The Labute approximate surface area is 127 Å². The summed E-state index contributed by atoms with van der Waals surface area (Å²) in [4.78, 5) is 15.0. The van der Waals surface area contributed by atoms with Crippen LogP contribution in [-0.4, -0.2) is 48.2 Å². The fourth-order valence-electron chi connectivity index (χ4n) is 3.04. The van der Waals surface area contributed by atoms with E-state index >= 15 is 0 Å². The van der Waals surface area contributed by atoms with Crippen molar-refractivity contribution in [3.05, 3.63) is 0 Å². The lowest BCUT2D eigenvalue weighted by molar-refractivity contribution is -0.143. The smallest absolute Gasteiger partial charge is 0.236 e. The van der Waals surface area contributed by atoms with Crippen LogP contribution in [0.2, 0.25) is 0 Å².